The number of carbonyl (C=O) groups is 1. The van der Waals surface area contributed by atoms with Crippen LogP contribution in [0.5, 0.6) is 0 Å². The molecule has 0 aliphatic rings. The Balaban J connectivity index is 2.83. The van der Waals surface area contributed by atoms with Crippen molar-refractivity contribution in [2.75, 3.05) is 12.3 Å². The zero-order valence-electron chi connectivity index (χ0n) is 8.50. The lowest BCUT2D eigenvalue weighted by Gasteiger charge is -2.01. The second-order valence-corrected chi connectivity index (χ2v) is 3.92. The first-order valence-corrected chi connectivity index (χ1v) is 5.61. The molecule has 0 bridgehead atoms. The quantitative estimate of drug-likeness (QED) is 0.782. The Morgan fingerprint density at radius 1 is 1.57 bits per heavy atom. The molecule has 78 valence electrons. The molecule has 0 fully saturated rings. The Hall–Kier alpha value is -1.03. The predicted octanol–water partition coefficient (Wildman–Crippen LogP) is 2.46. The van der Waals surface area contributed by atoms with Gasteiger partial charge in [-0.25, -0.2) is 4.79 Å². The largest absolute Gasteiger partial charge is 0.462 e. The van der Waals surface area contributed by atoms with E-state index in [2.05, 4.69) is 6.92 Å². The number of hydrogen-bond acceptors (Lipinski definition) is 4. The van der Waals surface area contributed by atoms with Crippen molar-refractivity contribution in [3.05, 3.63) is 15.8 Å². The number of anilines is 1. The fourth-order valence-electron chi connectivity index (χ4n) is 1.19. The van der Waals surface area contributed by atoms with Gasteiger partial charge in [0.25, 0.3) is 0 Å². The number of aryl methyl sites for hydroxylation is 1. The summed E-state index contributed by atoms with van der Waals surface area (Å²) in [6.45, 7) is 4.26. The standard InChI is InChI=1S/C10H15NO2S/c1-3-5-8-9(11)7(6-14-8)10(12)13-4-2/h6H,3-5,11H2,1-2H3. The zero-order valence-corrected chi connectivity index (χ0v) is 9.32. The predicted molar refractivity (Wildman–Crippen MR) is 58.7 cm³/mol. The lowest BCUT2D eigenvalue weighted by atomic mass is 10.2. The number of rotatable bonds is 4. The summed E-state index contributed by atoms with van der Waals surface area (Å²) in [6.07, 6.45) is 1.96. The number of carbonyl (C=O) groups excluding carboxylic acids is 1. The summed E-state index contributed by atoms with van der Waals surface area (Å²) in [5, 5.41) is 1.78. The van der Waals surface area contributed by atoms with Crippen molar-refractivity contribution in [1.29, 1.82) is 0 Å². The molecule has 0 saturated carbocycles. The van der Waals surface area contributed by atoms with Gasteiger partial charge >= 0.3 is 5.97 Å². The van der Waals surface area contributed by atoms with Crippen LogP contribution in [0.3, 0.4) is 0 Å². The topological polar surface area (TPSA) is 52.3 Å². The summed E-state index contributed by atoms with van der Waals surface area (Å²) in [5.74, 6) is -0.316. The van der Waals surface area contributed by atoms with Gasteiger partial charge < -0.3 is 10.5 Å². The van der Waals surface area contributed by atoms with Gasteiger partial charge in [-0.2, -0.15) is 0 Å². The van der Waals surface area contributed by atoms with Crippen LogP contribution >= 0.6 is 11.3 Å². The fraction of sp³-hybridized carbons (Fsp3) is 0.500. The van der Waals surface area contributed by atoms with Crippen LogP contribution in [0.2, 0.25) is 0 Å². The van der Waals surface area contributed by atoms with E-state index < -0.39 is 0 Å². The van der Waals surface area contributed by atoms with E-state index in [0.717, 1.165) is 17.7 Å². The maximum Gasteiger partial charge on any atom is 0.341 e. The first-order valence-electron chi connectivity index (χ1n) is 4.73. The molecule has 0 amide bonds. The maximum atomic E-state index is 11.4. The van der Waals surface area contributed by atoms with Crippen LogP contribution < -0.4 is 5.73 Å². The minimum absolute atomic E-state index is 0.316. The van der Waals surface area contributed by atoms with Gasteiger partial charge in [0.15, 0.2) is 0 Å². The molecule has 0 radical (unpaired) electrons. The lowest BCUT2D eigenvalue weighted by molar-refractivity contribution is 0.0528. The molecule has 2 N–H and O–H groups in total. The van der Waals surface area contributed by atoms with E-state index in [1.807, 2.05) is 0 Å². The first kappa shape index (κ1) is 11.0. The molecule has 0 atom stereocenters. The minimum atomic E-state index is -0.316. The third kappa shape index (κ3) is 2.26. The molecule has 0 aliphatic carbocycles. The molecule has 0 aromatic carbocycles. The molecular formula is C10H15NO2S. The molecule has 0 aliphatic heterocycles. The SMILES string of the molecule is CCCc1scc(C(=O)OCC)c1N. The van der Waals surface area contributed by atoms with Crippen LogP contribution in [0, 0.1) is 0 Å². The van der Waals surface area contributed by atoms with Gasteiger partial charge in [-0.3, -0.25) is 0 Å². The molecule has 1 rings (SSSR count). The van der Waals surface area contributed by atoms with Crippen LogP contribution in [0.25, 0.3) is 0 Å². The highest BCUT2D eigenvalue weighted by Crippen LogP contribution is 2.26. The number of nitrogen functional groups attached to an aromatic ring is 1. The van der Waals surface area contributed by atoms with Crippen LogP contribution in [0.4, 0.5) is 5.69 Å². The first-order chi connectivity index (χ1) is 6.70. The summed E-state index contributed by atoms with van der Waals surface area (Å²) < 4.78 is 4.89. The summed E-state index contributed by atoms with van der Waals surface area (Å²) in [5.41, 5.74) is 6.94. The highest BCUT2D eigenvalue weighted by Gasteiger charge is 2.15. The molecule has 3 nitrogen and oxygen atoms in total. The van der Waals surface area contributed by atoms with Crippen LogP contribution in [-0.4, -0.2) is 12.6 Å². The average Bonchev–Trinajstić information content (AvgIpc) is 2.49. The maximum absolute atomic E-state index is 11.4. The highest BCUT2D eigenvalue weighted by atomic mass is 32.1. The Kier molecular flexibility index (Phi) is 3.95. The Bertz CT molecular complexity index is 320. The monoisotopic (exact) mass is 213 g/mol. The Morgan fingerprint density at radius 3 is 2.86 bits per heavy atom. The van der Waals surface area contributed by atoms with Gasteiger partial charge in [0.1, 0.15) is 0 Å². The summed E-state index contributed by atoms with van der Waals surface area (Å²) >= 11 is 1.53. The van der Waals surface area contributed by atoms with Gasteiger partial charge in [0.05, 0.1) is 17.9 Å². The Labute approximate surface area is 87.9 Å². The summed E-state index contributed by atoms with van der Waals surface area (Å²) in [4.78, 5) is 12.5. The molecule has 0 saturated heterocycles. The normalized spacial score (nSPS) is 10.1. The molecule has 4 heteroatoms. The van der Waals surface area contributed by atoms with Gasteiger partial charge in [0, 0.05) is 10.3 Å². The van der Waals surface area contributed by atoms with E-state index >= 15 is 0 Å². The zero-order chi connectivity index (χ0) is 10.6. The minimum Gasteiger partial charge on any atom is -0.462 e. The van der Waals surface area contributed by atoms with Gasteiger partial charge in [-0.05, 0) is 13.3 Å². The molecule has 1 heterocycles. The second-order valence-electron chi connectivity index (χ2n) is 2.96. The number of ether oxygens (including phenoxy) is 1. The Morgan fingerprint density at radius 2 is 2.29 bits per heavy atom. The van der Waals surface area contributed by atoms with E-state index in [-0.39, 0.29) is 5.97 Å². The van der Waals surface area contributed by atoms with Crippen LogP contribution in [0.15, 0.2) is 5.38 Å². The summed E-state index contributed by atoms with van der Waals surface area (Å²) in [7, 11) is 0. The number of esters is 1. The fourth-order valence-corrected chi connectivity index (χ4v) is 2.24. The van der Waals surface area contributed by atoms with Crippen molar-refractivity contribution in [3.8, 4) is 0 Å². The van der Waals surface area contributed by atoms with Crippen molar-refractivity contribution in [1.82, 2.24) is 0 Å². The number of hydrogen-bond donors (Lipinski definition) is 1. The van der Waals surface area contributed by atoms with Crippen molar-refractivity contribution in [3.63, 3.8) is 0 Å². The van der Waals surface area contributed by atoms with E-state index in [0.29, 0.717) is 17.9 Å². The molecule has 0 spiro atoms. The number of thiophene rings is 1. The molecule has 1 aromatic rings. The summed E-state index contributed by atoms with van der Waals surface area (Å²) in [6, 6.07) is 0. The van der Waals surface area contributed by atoms with Crippen molar-refractivity contribution >= 4 is 23.0 Å². The third-order valence-corrected chi connectivity index (χ3v) is 2.94. The van der Waals surface area contributed by atoms with Crippen LogP contribution in [-0.2, 0) is 11.2 Å². The van der Waals surface area contributed by atoms with Crippen molar-refractivity contribution in [2.45, 2.75) is 26.7 Å². The molecular weight excluding hydrogens is 198 g/mol. The molecule has 14 heavy (non-hydrogen) atoms. The molecule has 1 aromatic heterocycles. The van der Waals surface area contributed by atoms with Crippen molar-refractivity contribution < 1.29 is 9.53 Å². The van der Waals surface area contributed by atoms with Gasteiger partial charge in [-0.1, -0.05) is 13.3 Å². The van der Waals surface area contributed by atoms with Crippen molar-refractivity contribution in [2.24, 2.45) is 0 Å². The number of nitrogens with two attached hydrogens (primary N) is 1. The smallest absolute Gasteiger partial charge is 0.341 e. The average molecular weight is 213 g/mol. The van der Waals surface area contributed by atoms with E-state index in [4.69, 9.17) is 10.5 Å². The highest BCUT2D eigenvalue weighted by molar-refractivity contribution is 7.10. The third-order valence-electron chi connectivity index (χ3n) is 1.88. The van der Waals surface area contributed by atoms with E-state index in [9.17, 15) is 4.79 Å². The van der Waals surface area contributed by atoms with E-state index in [1.54, 1.807) is 12.3 Å². The second kappa shape index (κ2) is 5.00. The van der Waals surface area contributed by atoms with Gasteiger partial charge in [0.2, 0.25) is 0 Å². The van der Waals surface area contributed by atoms with E-state index in [1.165, 1.54) is 11.3 Å². The van der Waals surface area contributed by atoms with Crippen LogP contribution in [0.1, 0.15) is 35.5 Å². The lowest BCUT2D eigenvalue weighted by Crippen LogP contribution is -2.06. The molecule has 0 unspecified atom stereocenters. The van der Waals surface area contributed by atoms with Gasteiger partial charge in [-0.15, -0.1) is 11.3 Å².